The van der Waals surface area contributed by atoms with E-state index in [0.717, 1.165) is 12.0 Å². The fourth-order valence-electron chi connectivity index (χ4n) is 2.31. The van der Waals surface area contributed by atoms with E-state index in [1.165, 1.54) is 10.5 Å². The molecular weight excluding hydrogens is 288 g/mol. The van der Waals surface area contributed by atoms with Crippen LogP contribution in [0, 0.1) is 0 Å². The molecule has 2 heteroatoms. The molecule has 0 fully saturated rings. The zero-order chi connectivity index (χ0) is 16.0. The van der Waals surface area contributed by atoms with Gasteiger partial charge in [0.25, 0.3) is 0 Å². The Morgan fingerprint density at radius 2 is 1.59 bits per heavy atom. The molecule has 0 saturated carbocycles. The predicted molar refractivity (Wildman–Crippen MR) is 95.5 cm³/mol. The number of carbonyl (C=O) groups is 1. The summed E-state index contributed by atoms with van der Waals surface area (Å²) >= 11 is 1.83. The molecule has 22 heavy (non-hydrogen) atoms. The lowest BCUT2D eigenvalue weighted by Crippen LogP contribution is -2.10. The van der Waals surface area contributed by atoms with Gasteiger partial charge in [0.2, 0.25) is 0 Å². The third-order valence-electron chi connectivity index (χ3n) is 3.31. The summed E-state index contributed by atoms with van der Waals surface area (Å²) in [5, 5.41) is 0. The number of aryl methyl sites for hydroxylation is 1. The smallest absolute Gasteiger partial charge is 0.137 e. The lowest BCUT2D eigenvalue weighted by atomic mass is 10.0. The molecule has 0 aliphatic heterocycles. The fourth-order valence-corrected chi connectivity index (χ4v) is 3.39. The van der Waals surface area contributed by atoms with Crippen molar-refractivity contribution in [3.05, 3.63) is 65.7 Å². The SMILES string of the molecule is CC(C)(C)Sc1ccccc1CC(=O)CCc1ccccc1. The molecule has 0 aromatic heterocycles. The number of ketones is 1. The van der Waals surface area contributed by atoms with Gasteiger partial charge in [0, 0.05) is 22.5 Å². The van der Waals surface area contributed by atoms with Gasteiger partial charge in [-0.1, -0.05) is 69.3 Å². The van der Waals surface area contributed by atoms with E-state index in [9.17, 15) is 4.79 Å². The van der Waals surface area contributed by atoms with Crippen molar-refractivity contribution in [2.24, 2.45) is 0 Å². The van der Waals surface area contributed by atoms with Crippen molar-refractivity contribution in [1.82, 2.24) is 0 Å². The van der Waals surface area contributed by atoms with Crippen LogP contribution in [0.3, 0.4) is 0 Å². The first-order valence-corrected chi connectivity index (χ1v) is 8.58. The van der Waals surface area contributed by atoms with Gasteiger partial charge in [0.15, 0.2) is 0 Å². The lowest BCUT2D eigenvalue weighted by molar-refractivity contribution is -0.118. The minimum Gasteiger partial charge on any atom is -0.299 e. The minimum atomic E-state index is 0.156. The van der Waals surface area contributed by atoms with Crippen molar-refractivity contribution < 1.29 is 4.79 Å². The molecule has 0 atom stereocenters. The molecule has 0 N–H and O–H groups in total. The van der Waals surface area contributed by atoms with Crippen LogP contribution in [0.1, 0.15) is 38.3 Å². The second kappa shape index (κ2) is 7.64. The summed E-state index contributed by atoms with van der Waals surface area (Å²) in [4.78, 5) is 13.5. The van der Waals surface area contributed by atoms with Crippen LogP contribution >= 0.6 is 11.8 Å². The molecule has 0 amide bonds. The van der Waals surface area contributed by atoms with Gasteiger partial charge in [-0.15, -0.1) is 11.8 Å². The quantitative estimate of drug-likeness (QED) is 0.671. The van der Waals surface area contributed by atoms with Gasteiger partial charge in [-0.05, 0) is 23.6 Å². The van der Waals surface area contributed by atoms with E-state index in [2.05, 4.69) is 45.0 Å². The number of thioether (sulfide) groups is 1. The van der Waals surface area contributed by atoms with Gasteiger partial charge >= 0.3 is 0 Å². The molecule has 1 nitrogen and oxygen atoms in total. The Morgan fingerprint density at radius 1 is 0.955 bits per heavy atom. The zero-order valence-electron chi connectivity index (χ0n) is 13.6. The first-order valence-electron chi connectivity index (χ1n) is 7.76. The highest BCUT2D eigenvalue weighted by atomic mass is 32.2. The van der Waals surface area contributed by atoms with Crippen molar-refractivity contribution in [3.8, 4) is 0 Å². The predicted octanol–water partition coefficient (Wildman–Crippen LogP) is 5.32. The Bertz CT molecular complexity index is 611. The molecule has 2 aromatic rings. The Labute approximate surface area is 138 Å². The second-order valence-electron chi connectivity index (χ2n) is 6.52. The number of hydrogen-bond donors (Lipinski definition) is 0. The number of rotatable bonds is 6. The number of benzene rings is 2. The largest absolute Gasteiger partial charge is 0.299 e. The van der Waals surface area contributed by atoms with Crippen molar-refractivity contribution in [2.75, 3.05) is 0 Å². The second-order valence-corrected chi connectivity index (χ2v) is 8.39. The Hall–Kier alpha value is -1.54. The maximum atomic E-state index is 12.3. The van der Waals surface area contributed by atoms with Crippen LogP contribution in [0.2, 0.25) is 0 Å². The Balaban J connectivity index is 1.97. The van der Waals surface area contributed by atoms with Gasteiger partial charge < -0.3 is 0 Å². The van der Waals surface area contributed by atoms with Crippen molar-refractivity contribution >= 4 is 17.5 Å². The van der Waals surface area contributed by atoms with E-state index in [4.69, 9.17) is 0 Å². The molecule has 0 radical (unpaired) electrons. The number of Topliss-reactive ketones (excluding diaryl/α,β-unsaturated/α-hetero) is 1. The summed E-state index contributed by atoms with van der Waals surface area (Å²) in [5.74, 6) is 0.311. The molecule has 0 spiro atoms. The average Bonchev–Trinajstić information content (AvgIpc) is 2.47. The van der Waals surface area contributed by atoms with E-state index in [0.29, 0.717) is 18.6 Å². The highest BCUT2D eigenvalue weighted by Gasteiger charge is 2.15. The molecule has 0 aliphatic carbocycles. The minimum absolute atomic E-state index is 0.156. The molecule has 116 valence electrons. The van der Waals surface area contributed by atoms with Crippen LogP contribution in [-0.2, 0) is 17.6 Å². The number of hydrogen-bond acceptors (Lipinski definition) is 2. The van der Waals surface area contributed by atoms with Gasteiger partial charge in [0.1, 0.15) is 5.78 Å². The molecule has 2 rings (SSSR count). The first kappa shape index (κ1) is 16.8. The lowest BCUT2D eigenvalue weighted by Gasteiger charge is -2.19. The van der Waals surface area contributed by atoms with Crippen LogP contribution < -0.4 is 0 Å². The van der Waals surface area contributed by atoms with Gasteiger partial charge in [-0.2, -0.15) is 0 Å². The maximum absolute atomic E-state index is 12.3. The van der Waals surface area contributed by atoms with Crippen LogP contribution in [0.25, 0.3) is 0 Å². The maximum Gasteiger partial charge on any atom is 0.137 e. The standard InChI is InChI=1S/C20H24OS/c1-20(2,3)22-19-12-8-7-11-17(19)15-18(21)14-13-16-9-5-4-6-10-16/h4-12H,13-15H2,1-3H3. The van der Waals surface area contributed by atoms with Crippen molar-refractivity contribution in [1.29, 1.82) is 0 Å². The summed E-state index contributed by atoms with van der Waals surface area (Å²) in [6.07, 6.45) is 1.97. The third-order valence-corrected chi connectivity index (χ3v) is 4.54. The highest BCUT2D eigenvalue weighted by molar-refractivity contribution is 8.00. The van der Waals surface area contributed by atoms with Crippen LogP contribution in [0.4, 0.5) is 0 Å². The van der Waals surface area contributed by atoms with Crippen LogP contribution in [0.5, 0.6) is 0 Å². The molecule has 0 saturated heterocycles. The number of carbonyl (C=O) groups excluding carboxylic acids is 1. The first-order chi connectivity index (χ1) is 10.4. The van der Waals surface area contributed by atoms with E-state index in [1.54, 1.807) is 0 Å². The van der Waals surface area contributed by atoms with Gasteiger partial charge in [-0.3, -0.25) is 4.79 Å². The van der Waals surface area contributed by atoms with Crippen molar-refractivity contribution in [2.45, 2.75) is 49.7 Å². The fraction of sp³-hybridized carbons (Fsp3) is 0.350. The summed E-state index contributed by atoms with van der Waals surface area (Å²) < 4.78 is 0.156. The highest BCUT2D eigenvalue weighted by Crippen LogP contribution is 2.34. The Morgan fingerprint density at radius 3 is 2.27 bits per heavy atom. The zero-order valence-corrected chi connectivity index (χ0v) is 14.5. The topological polar surface area (TPSA) is 17.1 Å². The summed E-state index contributed by atoms with van der Waals surface area (Å²) in [6, 6.07) is 18.5. The molecule has 0 unspecified atom stereocenters. The third kappa shape index (κ3) is 5.69. The van der Waals surface area contributed by atoms with E-state index < -0.39 is 0 Å². The van der Waals surface area contributed by atoms with Crippen LogP contribution in [0.15, 0.2) is 59.5 Å². The monoisotopic (exact) mass is 312 g/mol. The summed E-state index contributed by atoms with van der Waals surface area (Å²) in [5.41, 5.74) is 2.38. The van der Waals surface area contributed by atoms with Crippen LogP contribution in [-0.4, -0.2) is 10.5 Å². The summed E-state index contributed by atoms with van der Waals surface area (Å²) in [6.45, 7) is 6.60. The Kier molecular flexibility index (Phi) is 5.84. The molecular formula is C20H24OS. The molecule has 0 heterocycles. The van der Waals surface area contributed by atoms with Gasteiger partial charge in [0.05, 0.1) is 0 Å². The molecule has 0 bridgehead atoms. The average molecular weight is 312 g/mol. The van der Waals surface area contributed by atoms with Crippen molar-refractivity contribution in [3.63, 3.8) is 0 Å². The van der Waals surface area contributed by atoms with E-state index in [-0.39, 0.29) is 4.75 Å². The van der Waals surface area contributed by atoms with Gasteiger partial charge in [-0.25, -0.2) is 0 Å². The normalized spacial score (nSPS) is 11.4. The molecule has 0 aliphatic rings. The summed E-state index contributed by atoms with van der Waals surface area (Å²) in [7, 11) is 0. The molecule has 2 aromatic carbocycles. The van der Waals surface area contributed by atoms with E-state index in [1.807, 2.05) is 42.1 Å². The van der Waals surface area contributed by atoms with E-state index >= 15 is 0 Å².